The van der Waals surface area contributed by atoms with Crippen molar-refractivity contribution < 1.29 is 9.47 Å². The average molecular weight is 621 g/mol. The molecule has 2 saturated heterocycles. The SMILES string of the molecule is C/C(=C/C(C)(C)C)C(C)(C)C.CC(C)(C)/C=C\C(C)(C)C.CC(C)(C)C1OC1(C)C(C)(C)C.CC(C)(C)C1OC1C(C)(C)C. The number of rotatable bonds is 0. The molecule has 0 aliphatic carbocycles. The minimum Gasteiger partial charge on any atom is -0.368 e. The first-order valence-electron chi connectivity index (χ1n) is 17.4. The maximum Gasteiger partial charge on any atom is 0.0973 e. The molecule has 2 heteroatoms. The van der Waals surface area contributed by atoms with Crippen LogP contribution in [-0.2, 0) is 9.47 Å². The third-order valence-electron chi connectivity index (χ3n) is 8.20. The lowest BCUT2D eigenvalue weighted by Gasteiger charge is -2.27. The fourth-order valence-electron chi connectivity index (χ4n) is 4.58. The molecule has 2 aliphatic rings. The van der Waals surface area contributed by atoms with Gasteiger partial charge in [-0.3, -0.25) is 0 Å². The van der Waals surface area contributed by atoms with Crippen molar-refractivity contribution in [2.24, 2.45) is 43.3 Å². The third kappa shape index (κ3) is 19.2. The van der Waals surface area contributed by atoms with Crippen LogP contribution in [0.25, 0.3) is 0 Å². The first-order chi connectivity index (χ1) is 18.7. The zero-order chi connectivity index (χ0) is 36.3. The smallest absolute Gasteiger partial charge is 0.0973 e. The molecule has 2 fully saturated rings. The normalized spacial score (nSPS) is 25.2. The van der Waals surface area contributed by atoms with E-state index in [-0.39, 0.29) is 16.4 Å². The summed E-state index contributed by atoms with van der Waals surface area (Å²) in [6.07, 6.45) is 8.27. The predicted octanol–water partition coefficient (Wildman–Crippen LogP) is 13.7. The largest absolute Gasteiger partial charge is 0.368 e. The molecule has 0 radical (unpaired) electrons. The molecule has 4 unspecified atom stereocenters. The van der Waals surface area contributed by atoms with Crippen molar-refractivity contribution in [1.82, 2.24) is 0 Å². The molecule has 0 amide bonds. The first kappa shape index (κ1) is 45.5. The van der Waals surface area contributed by atoms with Crippen molar-refractivity contribution in [2.45, 2.75) is 204 Å². The Balaban J connectivity index is 0. The van der Waals surface area contributed by atoms with Gasteiger partial charge in [0.2, 0.25) is 0 Å². The molecular weight excluding hydrogens is 536 g/mol. The van der Waals surface area contributed by atoms with Crippen LogP contribution in [0.3, 0.4) is 0 Å². The highest BCUT2D eigenvalue weighted by Crippen LogP contribution is 2.56. The van der Waals surface area contributed by atoms with Crippen molar-refractivity contribution in [2.75, 3.05) is 0 Å². The molecule has 4 atom stereocenters. The number of ether oxygens (including phenoxy) is 2. The minimum absolute atomic E-state index is 0.0885. The highest BCUT2D eigenvalue weighted by atomic mass is 16.6. The number of hydrogen-bond acceptors (Lipinski definition) is 2. The summed E-state index contributed by atoms with van der Waals surface area (Å²) in [6.45, 7) is 58.1. The van der Waals surface area contributed by atoms with Crippen LogP contribution in [-0.4, -0.2) is 23.9 Å². The van der Waals surface area contributed by atoms with Gasteiger partial charge in [-0.2, -0.15) is 0 Å². The van der Waals surface area contributed by atoms with Gasteiger partial charge in [0.05, 0.1) is 23.9 Å². The Bertz CT molecular complexity index is 872. The second-order valence-corrected chi connectivity index (χ2v) is 22.4. The minimum atomic E-state index is 0.0885. The summed E-state index contributed by atoms with van der Waals surface area (Å²) in [5.74, 6) is 0. The molecule has 0 aromatic rings. The van der Waals surface area contributed by atoms with Gasteiger partial charge in [0.1, 0.15) is 0 Å². The van der Waals surface area contributed by atoms with Crippen molar-refractivity contribution >= 4 is 0 Å². The molecule has 0 aromatic carbocycles. The van der Waals surface area contributed by atoms with Gasteiger partial charge in [0.15, 0.2) is 0 Å². The molecule has 0 bridgehead atoms. The van der Waals surface area contributed by atoms with Crippen LogP contribution in [0.15, 0.2) is 23.8 Å². The van der Waals surface area contributed by atoms with E-state index < -0.39 is 0 Å². The predicted molar refractivity (Wildman–Crippen MR) is 200 cm³/mol. The van der Waals surface area contributed by atoms with E-state index in [0.717, 1.165) is 0 Å². The van der Waals surface area contributed by atoms with E-state index >= 15 is 0 Å². The molecule has 0 spiro atoms. The summed E-state index contributed by atoms with van der Waals surface area (Å²) in [6, 6.07) is 0. The molecule has 44 heavy (non-hydrogen) atoms. The summed E-state index contributed by atoms with van der Waals surface area (Å²) in [4.78, 5) is 0. The summed E-state index contributed by atoms with van der Waals surface area (Å²) >= 11 is 0. The molecule has 0 aromatic heterocycles. The fourth-order valence-corrected chi connectivity index (χ4v) is 4.58. The van der Waals surface area contributed by atoms with Gasteiger partial charge in [-0.05, 0) is 57.2 Å². The number of epoxide rings is 2. The Morgan fingerprint density at radius 2 is 0.818 bits per heavy atom. The van der Waals surface area contributed by atoms with E-state index in [1.165, 1.54) is 5.57 Å². The van der Waals surface area contributed by atoms with Gasteiger partial charge >= 0.3 is 0 Å². The van der Waals surface area contributed by atoms with Crippen LogP contribution in [0, 0.1) is 43.3 Å². The van der Waals surface area contributed by atoms with E-state index in [1.54, 1.807) is 0 Å². The summed E-state index contributed by atoms with van der Waals surface area (Å²) < 4.78 is 11.5. The fraction of sp³-hybridized carbons (Fsp3) is 0.905. The second kappa shape index (κ2) is 14.7. The Hall–Kier alpha value is -0.600. The topological polar surface area (TPSA) is 25.1 Å². The molecule has 2 aliphatic heterocycles. The van der Waals surface area contributed by atoms with Crippen LogP contribution in [0.4, 0.5) is 0 Å². The molecule has 0 N–H and O–H groups in total. The average Bonchev–Trinajstić information content (AvgIpc) is 3.56. The molecule has 2 heterocycles. The summed E-state index contributed by atoms with van der Waals surface area (Å²) in [7, 11) is 0. The molecule has 0 saturated carbocycles. The van der Waals surface area contributed by atoms with E-state index in [4.69, 9.17) is 9.47 Å². The summed E-state index contributed by atoms with van der Waals surface area (Å²) in [5, 5.41) is 0. The lowest BCUT2D eigenvalue weighted by molar-refractivity contribution is 0.170. The third-order valence-corrected chi connectivity index (χ3v) is 8.20. The standard InChI is InChI=1S/C11H22O.C11H22.C10H20O.C10H20/c1-9(2,3)8-11(7,12-8)10(4,5)6;1-9(11(5,6)7)8-10(2,3)4;1-9(2,3)7-8(11-7)10(4,5)6;1-9(2,3)7-8-10(4,5)6/h8H,1-7H3;8H,1-7H3;7-8H,1-6H3;7-8H,1-6H3/b;9-8-;;8-7-. The van der Waals surface area contributed by atoms with Crippen LogP contribution in [0.2, 0.25) is 0 Å². The van der Waals surface area contributed by atoms with Crippen molar-refractivity contribution in [3.63, 3.8) is 0 Å². The van der Waals surface area contributed by atoms with Gasteiger partial charge in [-0.15, -0.1) is 0 Å². The number of hydrogen-bond donors (Lipinski definition) is 0. The Morgan fingerprint density at radius 3 is 0.909 bits per heavy atom. The maximum absolute atomic E-state index is 5.83. The Kier molecular flexibility index (Phi) is 15.2. The molecule has 2 nitrogen and oxygen atoms in total. The summed E-state index contributed by atoms with van der Waals surface area (Å²) in [5.41, 5.74) is 4.03. The zero-order valence-electron chi connectivity index (χ0n) is 35.3. The van der Waals surface area contributed by atoms with Gasteiger partial charge in [0.25, 0.3) is 0 Å². The van der Waals surface area contributed by atoms with Crippen LogP contribution in [0.1, 0.15) is 180 Å². The van der Waals surface area contributed by atoms with E-state index in [2.05, 4.69) is 198 Å². The lowest BCUT2D eigenvalue weighted by Crippen LogP contribution is -2.33. The van der Waals surface area contributed by atoms with Gasteiger partial charge < -0.3 is 9.47 Å². The van der Waals surface area contributed by atoms with Crippen molar-refractivity contribution in [1.29, 1.82) is 0 Å². The maximum atomic E-state index is 5.83. The highest BCUT2D eigenvalue weighted by Gasteiger charge is 2.63. The van der Waals surface area contributed by atoms with E-state index in [9.17, 15) is 0 Å². The quantitative estimate of drug-likeness (QED) is 0.199. The van der Waals surface area contributed by atoms with Gasteiger partial charge in [-0.25, -0.2) is 0 Å². The Morgan fingerprint density at radius 1 is 0.500 bits per heavy atom. The van der Waals surface area contributed by atoms with Crippen LogP contribution < -0.4 is 0 Å². The van der Waals surface area contributed by atoms with Gasteiger partial charge in [-0.1, -0.05) is 190 Å². The molecule has 264 valence electrons. The highest BCUT2D eigenvalue weighted by molar-refractivity contribution is 5.12. The second-order valence-electron chi connectivity index (χ2n) is 22.4. The number of allylic oxidation sites excluding steroid dienone is 4. The molecule has 2 rings (SSSR count). The van der Waals surface area contributed by atoms with E-state index in [0.29, 0.717) is 50.8 Å². The van der Waals surface area contributed by atoms with Crippen LogP contribution in [0.5, 0.6) is 0 Å². The zero-order valence-corrected chi connectivity index (χ0v) is 35.3. The molecular formula is C42H84O2. The Labute approximate surface area is 280 Å². The lowest BCUT2D eigenvalue weighted by atomic mass is 9.73. The van der Waals surface area contributed by atoms with Crippen molar-refractivity contribution in [3.8, 4) is 0 Å². The van der Waals surface area contributed by atoms with Crippen LogP contribution >= 0.6 is 0 Å². The first-order valence-corrected chi connectivity index (χ1v) is 17.4. The van der Waals surface area contributed by atoms with E-state index in [1.807, 2.05) is 0 Å². The van der Waals surface area contributed by atoms with Gasteiger partial charge in [0, 0.05) is 0 Å². The monoisotopic (exact) mass is 621 g/mol. The van der Waals surface area contributed by atoms with Crippen molar-refractivity contribution in [3.05, 3.63) is 23.8 Å².